The van der Waals surface area contributed by atoms with Crippen LogP contribution in [0.2, 0.25) is 0 Å². The number of fused-ring (bicyclic) bond motifs is 1. The van der Waals surface area contributed by atoms with E-state index in [-0.39, 0.29) is 0 Å². The van der Waals surface area contributed by atoms with Crippen molar-refractivity contribution in [1.82, 2.24) is 5.32 Å². The molecule has 2 rings (SSSR count). The lowest BCUT2D eigenvalue weighted by molar-refractivity contribution is -0.145. The molecule has 0 aromatic heterocycles. The number of hydrogen-bond donors (Lipinski definition) is 2. The van der Waals surface area contributed by atoms with E-state index >= 15 is 0 Å². The average molecular weight is 271 g/mol. The quantitative estimate of drug-likeness (QED) is 0.844. The Labute approximate surface area is 119 Å². The highest BCUT2D eigenvalue weighted by Crippen LogP contribution is 2.21. The normalized spacial score (nSPS) is 11.7. The van der Waals surface area contributed by atoms with Gasteiger partial charge in [-0.3, -0.25) is 10.1 Å². The molecule has 0 amide bonds. The lowest BCUT2D eigenvalue weighted by atomic mass is 9.92. The summed E-state index contributed by atoms with van der Waals surface area (Å²) < 4.78 is 0. The van der Waals surface area contributed by atoms with Gasteiger partial charge >= 0.3 is 5.97 Å². The summed E-state index contributed by atoms with van der Waals surface area (Å²) in [5.41, 5.74) is 0.298. The highest BCUT2D eigenvalue weighted by molar-refractivity contribution is 5.85. The Bertz CT molecular complexity index is 597. The zero-order valence-corrected chi connectivity index (χ0v) is 12.0. The predicted octanol–water partition coefficient (Wildman–Crippen LogP) is 3.57. The molecule has 0 bridgehead atoms. The fourth-order valence-electron chi connectivity index (χ4n) is 2.59. The molecule has 3 nitrogen and oxygen atoms in total. The van der Waals surface area contributed by atoms with Crippen LogP contribution in [0.5, 0.6) is 0 Å². The summed E-state index contributed by atoms with van der Waals surface area (Å²) in [6.07, 6.45) is 1.15. The zero-order valence-electron chi connectivity index (χ0n) is 12.0. The number of carboxylic acids is 1. The van der Waals surface area contributed by atoms with Crippen LogP contribution in [0.3, 0.4) is 0 Å². The smallest absolute Gasteiger partial charge is 0.323 e. The number of aliphatic carboxylic acids is 1. The Hall–Kier alpha value is -1.87. The number of nitrogens with one attached hydrogen (secondary N) is 1. The number of carboxylic acid groups (broad SMARTS) is 1. The van der Waals surface area contributed by atoms with Gasteiger partial charge in [-0.15, -0.1) is 0 Å². The lowest BCUT2D eigenvalue weighted by Crippen LogP contribution is -2.50. The molecule has 0 aliphatic rings. The van der Waals surface area contributed by atoms with Crippen LogP contribution in [0.25, 0.3) is 10.8 Å². The van der Waals surface area contributed by atoms with Gasteiger partial charge in [-0.25, -0.2) is 0 Å². The van der Waals surface area contributed by atoms with E-state index in [0.29, 0.717) is 19.4 Å². The van der Waals surface area contributed by atoms with Gasteiger partial charge in [0.15, 0.2) is 0 Å². The average Bonchev–Trinajstić information content (AvgIpc) is 2.48. The first-order valence-electron chi connectivity index (χ1n) is 7.08. The van der Waals surface area contributed by atoms with Crippen molar-refractivity contribution in [3.05, 3.63) is 48.0 Å². The number of rotatable bonds is 6. The molecule has 0 atom stereocenters. The van der Waals surface area contributed by atoms with E-state index in [4.69, 9.17) is 0 Å². The first-order chi connectivity index (χ1) is 9.63. The van der Waals surface area contributed by atoms with Crippen LogP contribution in [0, 0.1) is 0 Å². The standard InChI is InChI=1S/C17H21NO2/c1-3-17(4-2,16(19)20)18-12-14-10-7-9-13-8-5-6-11-15(13)14/h5-11,18H,3-4,12H2,1-2H3,(H,19,20). The SMILES string of the molecule is CCC(CC)(NCc1cccc2ccccc12)C(=O)O. The molecule has 2 aromatic carbocycles. The van der Waals surface area contributed by atoms with Crippen LogP contribution in [-0.4, -0.2) is 16.6 Å². The van der Waals surface area contributed by atoms with Crippen LogP contribution in [-0.2, 0) is 11.3 Å². The van der Waals surface area contributed by atoms with E-state index in [9.17, 15) is 9.90 Å². The first-order valence-corrected chi connectivity index (χ1v) is 7.08. The minimum absolute atomic E-state index is 0.565. The second-order valence-corrected chi connectivity index (χ2v) is 5.09. The van der Waals surface area contributed by atoms with Crippen molar-refractivity contribution >= 4 is 16.7 Å². The molecule has 0 saturated heterocycles. The van der Waals surface area contributed by atoms with Crippen LogP contribution >= 0.6 is 0 Å². The Morgan fingerprint density at radius 1 is 1.10 bits per heavy atom. The monoisotopic (exact) mass is 271 g/mol. The third-order valence-corrected chi connectivity index (χ3v) is 4.11. The minimum Gasteiger partial charge on any atom is -0.480 e. The molecular formula is C17H21NO2. The van der Waals surface area contributed by atoms with Gasteiger partial charge in [0.25, 0.3) is 0 Å². The van der Waals surface area contributed by atoms with Crippen molar-refractivity contribution in [3.63, 3.8) is 0 Å². The van der Waals surface area contributed by atoms with Crippen molar-refractivity contribution in [2.45, 2.75) is 38.8 Å². The summed E-state index contributed by atoms with van der Waals surface area (Å²) in [5.74, 6) is -0.775. The first kappa shape index (κ1) is 14.5. The Balaban J connectivity index is 2.27. The second kappa shape index (κ2) is 6.06. The van der Waals surface area contributed by atoms with E-state index in [1.165, 1.54) is 10.8 Å². The molecular weight excluding hydrogens is 250 g/mol. The van der Waals surface area contributed by atoms with Gasteiger partial charge in [0.2, 0.25) is 0 Å². The summed E-state index contributed by atoms with van der Waals surface area (Å²) in [7, 11) is 0. The molecule has 0 radical (unpaired) electrons. The summed E-state index contributed by atoms with van der Waals surface area (Å²) >= 11 is 0. The van der Waals surface area contributed by atoms with Gasteiger partial charge in [-0.1, -0.05) is 56.3 Å². The van der Waals surface area contributed by atoms with Crippen LogP contribution in [0.15, 0.2) is 42.5 Å². The largest absolute Gasteiger partial charge is 0.480 e. The van der Waals surface area contributed by atoms with Gasteiger partial charge in [0.1, 0.15) is 5.54 Å². The fraction of sp³-hybridized carbons (Fsp3) is 0.353. The molecule has 0 fully saturated rings. The molecule has 0 saturated carbocycles. The predicted molar refractivity (Wildman–Crippen MR) is 81.7 cm³/mol. The molecule has 0 spiro atoms. The van der Waals surface area contributed by atoms with Crippen molar-refractivity contribution in [2.75, 3.05) is 0 Å². The van der Waals surface area contributed by atoms with Gasteiger partial charge in [0.05, 0.1) is 0 Å². The van der Waals surface area contributed by atoms with Gasteiger partial charge in [-0.2, -0.15) is 0 Å². The zero-order chi connectivity index (χ0) is 14.6. The van der Waals surface area contributed by atoms with Crippen LogP contribution in [0.4, 0.5) is 0 Å². The van der Waals surface area contributed by atoms with E-state index in [1.807, 2.05) is 38.1 Å². The molecule has 0 unspecified atom stereocenters. The second-order valence-electron chi connectivity index (χ2n) is 5.09. The Morgan fingerprint density at radius 2 is 1.75 bits per heavy atom. The van der Waals surface area contributed by atoms with E-state index in [2.05, 4.69) is 23.5 Å². The van der Waals surface area contributed by atoms with E-state index in [1.54, 1.807) is 0 Å². The minimum atomic E-state index is -0.836. The maximum Gasteiger partial charge on any atom is 0.323 e. The molecule has 0 heterocycles. The molecule has 106 valence electrons. The van der Waals surface area contributed by atoms with Gasteiger partial charge in [0, 0.05) is 6.54 Å². The van der Waals surface area contributed by atoms with E-state index < -0.39 is 11.5 Å². The fourth-order valence-corrected chi connectivity index (χ4v) is 2.59. The van der Waals surface area contributed by atoms with Crippen molar-refractivity contribution in [2.24, 2.45) is 0 Å². The third kappa shape index (κ3) is 2.68. The van der Waals surface area contributed by atoms with Crippen molar-refractivity contribution < 1.29 is 9.90 Å². The topological polar surface area (TPSA) is 49.3 Å². The number of hydrogen-bond acceptors (Lipinski definition) is 2. The molecule has 2 aromatic rings. The maximum absolute atomic E-state index is 11.5. The van der Waals surface area contributed by atoms with E-state index in [0.717, 1.165) is 5.56 Å². The summed E-state index contributed by atoms with van der Waals surface area (Å²) in [5, 5.41) is 15.0. The number of benzene rings is 2. The summed E-state index contributed by atoms with van der Waals surface area (Å²) in [6, 6.07) is 14.3. The van der Waals surface area contributed by atoms with Gasteiger partial charge < -0.3 is 5.11 Å². The van der Waals surface area contributed by atoms with Crippen LogP contribution < -0.4 is 5.32 Å². The molecule has 20 heavy (non-hydrogen) atoms. The Morgan fingerprint density at radius 3 is 2.40 bits per heavy atom. The summed E-state index contributed by atoms with van der Waals surface area (Å²) in [4.78, 5) is 11.5. The molecule has 3 heteroatoms. The molecule has 0 aliphatic carbocycles. The third-order valence-electron chi connectivity index (χ3n) is 4.11. The molecule has 2 N–H and O–H groups in total. The summed E-state index contributed by atoms with van der Waals surface area (Å²) in [6.45, 7) is 4.39. The van der Waals surface area contributed by atoms with Crippen LogP contribution in [0.1, 0.15) is 32.3 Å². The maximum atomic E-state index is 11.5. The van der Waals surface area contributed by atoms with Gasteiger partial charge in [-0.05, 0) is 29.2 Å². The number of carbonyl (C=O) groups is 1. The highest BCUT2D eigenvalue weighted by atomic mass is 16.4. The van der Waals surface area contributed by atoms with Crippen molar-refractivity contribution in [1.29, 1.82) is 0 Å². The molecule has 0 aliphatic heterocycles. The highest BCUT2D eigenvalue weighted by Gasteiger charge is 2.33. The lowest BCUT2D eigenvalue weighted by Gasteiger charge is -2.28. The van der Waals surface area contributed by atoms with Crippen molar-refractivity contribution in [3.8, 4) is 0 Å². The Kier molecular flexibility index (Phi) is 4.40.